The quantitative estimate of drug-likeness (QED) is 0.410. The largest absolute Gasteiger partial charge is 0.272 e. The molecule has 3 rings (SSSR count). The third kappa shape index (κ3) is 5.20. The number of aryl methyl sites for hydroxylation is 1. The predicted molar refractivity (Wildman–Crippen MR) is 101 cm³/mol. The third-order valence-electron chi connectivity index (χ3n) is 3.10. The van der Waals surface area contributed by atoms with E-state index < -0.39 is 0 Å². The van der Waals surface area contributed by atoms with Gasteiger partial charge in [-0.2, -0.15) is 5.10 Å². The van der Waals surface area contributed by atoms with Crippen LogP contribution in [0.1, 0.15) is 11.1 Å². The molecular formula is C17H15N5OS2. The summed E-state index contributed by atoms with van der Waals surface area (Å²) >= 11 is 2.73. The fourth-order valence-electron chi connectivity index (χ4n) is 1.85. The summed E-state index contributed by atoms with van der Waals surface area (Å²) in [5.41, 5.74) is 5.40. The highest BCUT2D eigenvalue weighted by molar-refractivity contribution is 8.01. The number of carbonyl (C=O) groups excluding carboxylic acids is 1. The Balaban J connectivity index is 1.48. The lowest BCUT2D eigenvalue weighted by Crippen LogP contribution is -2.19. The maximum Gasteiger partial charge on any atom is 0.250 e. The van der Waals surface area contributed by atoms with E-state index in [-0.39, 0.29) is 11.7 Å². The van der Waals surface area contributed by atoms with Crippen LogP contribution in [-0.2, 0) is 4.79 Å². The van der Waals surface area contributed by atoms with Crippen molar-refractivity contribution in [2.45, 2.75) is 11.3 Å². The van der Waals surface area contributed by atoms with Gasteiger partial charge >= 0.3 is 0 Å². The van der Waals surface area contributed by atoms with Crippen molar-refractivity contribution >= 4 is 35.2 Å². The summed E-state index contributed by atoms with van der Waals surface area (Å²) < 4.78 is 0.721. The molecule has 0 atom stereocenters. The van der Waals surface area contributed by atoms with Gasteiger partial charge in [-0.05, 0) is 24.6 Å². The summed E-state index contributed by atoms with van der Waals surface area (Å²) in [7, 11) is 0. The van der Waals surface area contributed by atoms with Gasteiger partial charge in [-0.1, -0.05) is 59.0 Å². The monoisotopic (exact) mass is 369 g/mol. The van der Waals surface area contributed by atoms with Crippen LogP contribution in [-0.4, -0.2) is 33.1 Å². The smallest absolute Gasteiger partial charge is 0.250 e. The number of hydrazone groups is 1. The molecule has 0 fully saturated rings. The van der Waals surface area contributed by atoms with Gasteiger partial charge in [0.25, 0.3) is 5.91 Å². The average molecular weight is 369 g/mol. The fourth-order valence-corrected chi connectivity index (χ4v) is 3.47. The molecule has 0 aliphatic carbocycles. The minimum Gasteiger partial charge on any atom is -0.272 e. The topological polar surface area (TPSA) is 80.1 Å². The summed E-state index contributed by atoms with van der Waals surface area (Å²) in [4.78, 5) is 16.1. The van der Waals surface area contributed by atoms with Gasteiger partial charge in [0.2, 0.25) is 0 Å². The van der Waals surface area contributed by atoms with Crippen molar-refractivity contribution in [3.05, 3.63) is 59.8 Å². The standard InChI is InChI=1S/C17H15N5OS2/c1-12-5-7-13(8-6-12)10-19-20-15(23)11-24-17-22-21-16(25-17)14-4-2-3-9-18-14/h2-10H,11H2,1H3,(H,20,23)/b19-10-. The van der Waals surface area contributed by atoms with Gasteiger partial charge in [-0.15, -0.1) is 10.2 Å². The van der Waals surface area contributed by atoms with E-state index in [9.17, 15) is 4.79 Å². The Morgan fingerprint density at radius 3 is 2.84 bits per heavy atom. The number of aromatic nitrogens is 3. The second-order valence-corrected chi connectivity index (χ2v) is 7.28. The van der Waals surface area contributed by atoms with E-state index in [2.05, 4.69) is 25.7 Å². The first-order valence-corrected chi connectivity index (χ1v) is 9.27. The number of benzene rings is 1. The van der Waals surface area contributed by atoms with E-state index in [1.54, 1.807) is 12.4 Å². The highest BCUT2D eigenvalue weighted by Crippen LogP contribution is 2.27. The Hall–Kier alpha value is -2.58. The number of amides is 1. The number of pyridine rings is 1. The molecular weight excluding hydrogens is 354 g/mol. The number of carbonyl (C=O) groups is 1. The first-order chi connectivity index (χ1) is 12.2. The molecule has 0 unspecified atom stereocenters. The van der Waals surface area contributed by atoms with E-state index in [1.165, 1.54) is 28.7 Å². The molecule has 1 amide bonds. The van der Waals surface area contributed by atoms with Crippen molar-refractivity contribution in [1.29, 1.82) is 0 Å². The molecule has 3 aromatic rings. The Kier molecular flexibility index (Phi) is 5.86. The first-order valence-electron chi connectivity index (χ1n) is 7.47. The zero-order valence-corrected chi connectivity index (χ0v) is 15.0. The van der Waals surface area contributed by atoms with Crippen LogP contribution >= 0.6 is 23.1 Å². The normalized spacial score (nSPS) is 10.9. The van der Waals surface area contributed by atoms with E-state index in [0.29, 0.717) is 0 Å². The van der Waals surface area contributed by atoms with Crippen molar-refractivity contribution < 1.29 is 4.79 Å². The highest BCUT2D eigenvalue weighted by Gasteiger charge is 2.09. The van der Waals surface area contributed by atoms with Crippen LogP contribution in [0.25, 0.3) is 10.7 Å². The molecule has 0 aliphatic rings. The van der Waals surface area contributed by atoms with Gasteiger partial charge in [0.15, 0.2) is 9.35 Å². The lowest BCUT2D eigenvalue weighted by molar-refractivity contribution is -0.118. The fraction of sp³-hybridized carbons (Fsp3) is 0.118. The highest BCUT2D eigenvalue weighted by atomic mass is 32.2. The molecule has 0 saturated heterocycles. The Bertz CT molecular complexity index is 862. The zero-order chi connectivity index (χ0) is 17.5. The second-order valence-electron chi connectivity index (χ2n) is 5.08. The number of thioether (sulfide) groups is 1. The number of hydrogen-bond acceptors (Lipinski definition) is 7. The van der Waals surface area contributed by atoms with Crippen LogP contribution in [0, 0.1) is 6.92 Å². The van der Waals surface area contributed by atoms with Crippen LogP contribution in [0.5, 0.6) is 0 Å². The molecule has 6 nitrogen and oxygen atoms in total. The van der Waals surface area contributed by atoms with E-state index in [1.807, 2.05) is 49.4 Å². The average Bonchev–Trinajstić information content (AvgIpc) is 3.11. The molecule has 8 heteroatoms. The van der Waals surface area contributed by atoms with Crippen molar-refractivity contribution in [1.82, 2.24) is 20.6 Å². The predicted octanol–water partition coefficient (Wildman–Crippen LogP) is 3.15. The third-order valence-corrected chi connectivity index (χ3v) is 5.18. The van der Waals surface area contributed by atoms with Crippen molar-refractivity contribution in [3.63, 3.8) is 0 Å². The van der Waals surface area contributed by atoms with Crippen LogP contribution in [0.2, 0.25) is 0 Å². The summed E-state index contributed by atoms with van der Waals surface area (Å²) in [6, 6.07) is 13.5. The van der Waals surface area contributed by atoms with Gasteiger partial charge in [0, 0.05) is 6.20 Å². The molecule has 0 bridgehead atoms. The van der Waals surface area contributed by atoms with Gasteiger partial charge in [-0.25, -0.2) is 5.43 Å². The van der Waals surface area contributed by atoms with Crippen LogP contribution in [0.4, 0.5) is 0 Å². The molecule has 25 heavy (non-hydrogen) atoms. The number of hydrogen-bond donors (Lipinski definition) is 1. The van der Waals surface area contributed by atoms with Crippen LogP contribution in [0.15, 0.2) is 58.1 Å². The minimum atomic E-state index is -0.192. The first kappa shape index (κ1) is 17.2. The summed E-state index contributed by atoms with van der Waals surface area (Å²) in [5.74, 6) is 0.0326. The van der Waals surface area contributed by atoms with E-state index in [4.69, 9.17) is 0 Å². The molecule has 0 radical (unpaired) electrons. The zero-order valence-electron chi connectivity index (χ0n) is 13.4. The molecule has 0 aliphatic heterocycles. The number of nitrogens with one attached hydrogen (secondary N) is 1. The van der Waals surface area contributed by atoms with Gasteiger partial charge in [-0.3, -0.25) is 9.78 Å². The molecule has 2 heterocycles. The van der Waals surface area contributed by atoms with Crippen molar-refractivity contribution in [2.75, 3.05) is 5.75 Å². The van der Waals surface area contributed by atoms with E-state index in [0.717, 1.165) is 20.6 Å². The van der Waals surface area contributed by atoms with Gasteiger partial charge < -0.3 is 0 Å². The molecule has 0 spiro atoms. The Morgan fingerprint density at radius 2 is 2.08 bits per heavy atom. The number of rotatable bonds is 6. The lowest BCUT2D eigenvalue weighted by atomic mass is 10.2. The Morgan fingerprint density at radius 1 is 1.24 bits per heavy atom. The number of nitrogens with zero attached hydrogens (tertiary/aromatic N) is 4. The van der Waals surface area contributed by atoms with Crippen molar-refractivity contribution in [2.24, 2.45) is 5.10 Å². The van der Waals surface area contributed by atoms with E-state index >= 15 is 0 Å². The summed E-state index contributed by atoms with van der Waals surface area (Å²) in [6.45, 7) is 2.02. The lowest BCUT2D eigenvalue weighted by Gasteiger charge is -1.98. The van der Waals surface area contributed by atoms with Crippen LogP contribution in [0.3, 0.4) is 0 Å². The van der Waals surface area contributed by atoms with Crippen molar-refractivity contribution in [3.8, 4) is 10.7 Å². The molecule has 1 N–H and O–H groups in total. The van der Waals surface area contributed by atoms with Crippen LogP contribution < -0.4 is 5.43 Å². The molecule has 126 valence electrons. The minimum absolute atomic E-state index is 0.192. The Labute approximate surface area is 153 Å². The second kappa shape index (κ2) is 8.50. The molecule has 1 aromatic carbocycles. The SMILES string of the molecule is Cc1ccc(/C=N\NC(=O)CSc2nnc(-c3ccccn3)s2)cc1. The molecule has 0 saturated carbocycles. The maximum absolute atomic E-state index is 11.8. The van der Waals surface area contributed by atoms with Gasteiger partial charge in [0.1, 0.15) is 5.69 Å². The molecule has 2 aromatic heterocycles. The van der Waals surface area contributed by atoms with Gasteiger partial charge in [0.05, 0.1) is 12.0 Å². The maximum atomic E-state index is 11.8. The summed E-state index contributed by atoms with van der Waals surface area (Å²) in [6.07, 6.45) is 3.33. The summed E-state index contributed by atoms with van der Waals surface area (Å²) in [5, 5.41) is 12.9.